The number of halogens is 3. The first kappa shape index (κ1) is 13.4. The molecule has 0 aromatic rings. The minimum Gasteiger partial charge on any atom is -0.445 e. The van der Waals surface area contributed by atoms with Crippen molar-refractivity contribution < 1.29 is 22.6 Å². The number of piperidine rings is 1. The van der Waals surface area contributed by atoms with E-state index in [1.165, 1.54) is 4.90 Å². The van der Waals surface area contributed by atoms with Crippen LogP contribution in [0.3, 0.4) is 0 Å². The van der Waals surface area contributed by atoms with Crippen molar-refractivity contribution in [2.45, 2.75) is 12.8 Å². The van der Waals surface area contributed by atoms with Crippen molar-refractivity contribution in [3.05, 3.63) is 0 Å². The van der Waals surface area contributed by atoms with E-state index in [1.54, 1.807) is 14.1 Å². The summed E-state index contributed by atoms with van der Waals surface area (Å²) in [4.78, 5) is 13.7. The second kappa shape index (κ2) is 5.08. The summed E-state index contributed by atoms with van der Waals surface area (Å²) in [6.07, 6.45) is 0.417. The minimum atomic E-state index is -4.71. The van der Waals surface area contributed by atoms with Crippen LogP contribution in [-0.2, 0) is 4.79 Å². The Morgan fingerprint density at radius 2 is 1.81 bits per heavy atom. The molecule has 0 radical (unpaired) electrons. The Morgan fingerprint density at radius 1 is 1.31 bits per heavy atom. The van der Waals surface area contributed by atoms with Crippen LogP contribution < -0.4 is 4.90 Å². The van der Waals surface area contributed by atoms with Crippen LogP contribution >= 0.6 is 0 Å². The van der Waals surface area contributed by atoms with Gasteiger partial charge >= 0.3 is 6.98 Å². The third-order valence-corrected chi connectivity index (χ3v) is 3.00. The summed E-state index contributed by atoms with van der Waals surface area (Å²) in [6.45, 7) is -3.81. The highest BCUT2D eigenvalue weighted by Crippen LogP contribution is 2.12. The van der Waals surface area contributed by atoms with Gasteiger partial charge in [0, 0.05) is 32.9 Å². The van der Waals surface area contributed by atoms with Crippen LogP contribution in [-0.4, -0.2) is 51.4 Å². The number of amides is 1. The van der Waals surface area contributed by atoms with Gasteiger partial charge in [-0.2, -0.15) is 0 Å². The van der Waals surface area contributed by atoms with Gasteiger partial charge < -0.3 is 22.7 Å². The van der Waals surface area contributed by atoms with E-state index in [4.69, 9.17) is 0 Å². The first-order chi connectivity index (χ1) is 7.29. The summed E-state index contributed by atoms with van der Waals surface area (Å²) < 4.78 is 36.6. The van der Waals surface area contributed by atoms with Crippen molar-refractivity contribution in [3.63, 3.8) is 0 Å². The number of hydrogen-bond donors (Lipinski definition) is 1. The smallest absolute Gasteiger partial charge is 0.445 e. The SMILES string of the molecule is CN(C)C(=O)C1CC[NH+](C[B-](F)(F)F)CC1. The first-order valence-electron chi connectivity index (χ1n) is 5.55. The fourth-order valence-corrected chi connectivity index (χ4v) is 2.17. The number of quaternary nitrogens is 1. The quantitative estimate of drug-likeness (QED) is 0.674. The topological polar surface area (TPSA) is 24.8 Å². The van der Waals surface area contributed by atoms with E-state index in [0.29, 0.717) is 30.8 Å². The van der Waals surface area contributed by atoms with E-state index in [0.717, 1.165) is 0 Å². The number of nitrogens with one attached hydrogen (secondary N) is 1. The lowest BCUT2D eigenvalue weighted by atomic mass is 9.88. The summed E-state index contributed by atoms with van der Waals surface area (Å²) in [6, 6.07) is 0. The van der Waals surface area contributed by atoms with Crippen molar-refractivity contribution in [2.75, 3.05) is 33.6 Å². The number of hydrogen-bond acceptors (Lipinski definition) is 1. The van der Waals surface area contributed by atoms with Crippen molar-refractivity contribution in [1.29, 1.82) is 0 Å². The molecule has 1 heterocycles. The monoisotopic (exact) mass is 238 g/mol. The maximum Gasteiger partial charge on any atom is 0.531 e. The molecule has 1 N–H and O–H groups in total. The fraction of sp³-hybridized carbons (Fsp3) is 0.889. The molecular formula is C9H18BF3N2O. The molecule has 0 aliphatic carbocycles. The summed E-state index contributed by atoms with van der Waals surface area (Å²) in [7, 11) is 3.36. The van der Waals surface area contributed by atoms with Gasteiger partial charge in [-0.25, -0.2) is 0 Å². The molecule has 0 atom stereocenters. The molecule has 1 aliphatic rings. The van der Waals surface area contributed by atoms with Gasteiger partial charge in [0.15, 0.2) is 0 Å². The van der Waals surface area contributed by atoms with Gasteiger partial charge in [-0.15, -0.1) is 0 Å². The fourth-order valence-electron chi connectivity index (χ4n) is 2.17. The van der Waals surface area contributed by atoms with E-state index >= 15 is 0 Å². The number of likely N-dealkylation sites (tertiary alicyclic amines) is 1. The Labute approximate surface area is 93.6 Å². The zero-order chi connectivity index (χ0) is 12.3. The molecule has 0 aromatic heterocycles. The third kappa shape index (κ3) is 4.04. The zero-order valence-electron chi connectivity index (χ0n) is 9.68. The van der Waals surface area contributed by atoms with Crippen LogP contribution in [0.4, 0.5) is 12.9 Å². The molecule has 16 heavy (non-hydrogen) atoms. The lowest BCUT2D eigenvalue weighted by molar-refractivity contribution is -0.897. The molecule has 0 unspecified atom stereocenters. The van der Waals surface area contributed by atoms with Gasteiger partial charge in [0.1, 0.15) is 0 Å². The Morgan fingerprint density at radius 3 is 2.19 bits per heavy atom. The number of nitrogens with zero attached hydrogens (tertiary/aromatic N) is 1. The van der Waals surface area contributed by atoms with Gasteiger partial charge in [0.25, 0.3) is 0 Å². The zero-order valence-corrected chi connectivity index (χ0v) is 9.68. The van der Waals surface area contributed by atoms with Crippen molar-refractivity contribution in [1.82, 2.24) is 4.90 Å². The van der Waals surface area contributed by atoms with E-state index in [1.807, 2.05) is 0 Å². The van der Waals surface area contributed by atoms with Crippen LogP contribution in [0.2, 0.25) is 0 Å². The molecule has 7 heteroatoms. The predicted octanol–water partition coefficient (Wildman–Crippen LogP) is -0.244. The van der Waals surface area contributed by atoms with E-state index in [-0.39, 0.29) is 11.8 Å². The highest BCUT2D eigenvalue weighted by atomic mass is 19.4. The Hall–Kier alpha value is -0.715. The standard InChI is InChI=1S/C9H17BF3N2O/c1-14(2)9(16)8-3-5-15(6-4-8)7-10(11,12)13/h8H,3-7H2,1-2H3/q-1/p+1. The molecule has 94 valence electrons. The van der Waals surface area contributed by atoms with Crippen LogP contribution in [0.15, 0.2) is 0 Å². The van der Waals surface area contributed by atoms with E-state index in [2.05, 4.69) is 0 Å². The molecular weight excluding hydrogens is 220 g/mol. The summed E-state index contributed by atoms with van der Waals surface area (Å²) in [5.41, 5.74) is 0. The predicted molar refractivity (Wildman–Crippen MR) is 56.1 cm³/mol. The molecule has 1 fully saturated rings. The van der Waals surface area contributed by atoms with Crippen LogP contribution in [0.1, 0.15) is 12.8 Å². The average Bonchev–Trinajstić information content (AvgIpc) is 2.15. The number of carbonyl (C=O) groups is 1. The number of rotatable bonds is 3. The van der Waals surface area contributed by atoms with Crippen molar-refractivity contribution in [3.8, 4) is 0 Å². The minimum absolute atomic E-state index is 0.0385. The molecule has 1 amide bonds. The Balaban J connectivity index is 2.37. The molecule has 0 saturated carbocycles. The van der Waals surface area contributed by atoms with Crippen LogP contribution in [0, 0.1) is 5.92 Å². The molecule has 0 spiro atoms. The second-order valence-electron chi connectivity index (χ2n) is 4.67. The van der Waals surface area contributed by atoms with Gasteiger partial charge in [0.2, 0.25) is 5.91 Å². The maximum atomic E-state index is 12.2. The highest BCUT2D eigenvalue weighted by Gasteiger charge is 2.34. The van der Waals surface area contributed by atoms with E-state index < -0.39 is 13.4 Å². The van der Waals surface area contributed by atoms with Gasteiger partial charge in [-0.1, -0.05) is 0 Å². The van der Waals surface area contributed by atoms with E-state index in [9.17, 15) is 17.7 Å². The maximum absolute atomic E-state index is 12.2. The second-order valence-corrected chi connectivity index (χ2v) is 4.67. The summed E-state index contributed by atoms with van der Waals surface area (Å²) in [5, 5.41) is 0. The summed E-state index contributed by atoms with van der Waals surface area (Å²) >= 11 is 0. The van der Waals surface area contributed by atoms with Gasteiger partial charge in [-0.05, 0) is 0 Å². The van der Waals surface area contributed by atoms with Crippen LogP contribution in [0.5, 0.6) is 0 Å². The Kier molecular flexibility index (Phi) is 4.24. The lowest BCUT2D eigenvalue weighted by Crippen LogP contribution is -3.15. The Bertz CT molecular complexity index is 250. The lowest BCUT2D eigenvalue weighted by Gasteiger charge is -2.32. The molecule has 3 nitrogen and oxygen atoms in total. The number of carbonyl (C=O) groups excluding carboxylic acids is 1. The van der Waals surface area contributed by atoms with Gasteiger partial charge in [0.05, 0.1) is 19.5 Å². The van der Waals surface area contributed by atoms with Gasteiger partial charge in [-0.3, -0.25) is 4.79 Å². The third-order valence-electron chi connectivity index (χ3n) is 3.00. The van der Waals surface area contributed by atoms with Crippen molar-refractivity contribution in [2.24, 2.45) is 5.92 Å². The van der Waals surface area contributed by atoms with Crippen molar-refractivity contribution >= 4 is 12.9 Å². The van der Waals surface area contributed by atoms with Crippen LogP contribution in [0.25, 0.3) is 0 Å². The molecule has 1 saturated heterocycles. The average molecular weight is 238 g/mol. The molecule has 0 bridgehead atoms. The molecule has 1 aliphatic heterocycles. The highest BCUT2D eigenvalue weighted by molar-refractivity contribution is 6.58. The first-order valence-corrected chi connectivity index (χ1v) is 5.55. The summed E-state index contributed by atoms with van der Waals surface area (Å²) in [5.74, 6) is -0.0453. The molecule has 1 rings (SSSR count). The largest absolute Gasteiger partial charge is 0.531 e. The molecule has 0 aromatic carbocycles. The normalized spacial score (nSPS) is 26.6.